The van der Waals surface area contributed by atoms with E-state index >= 15 is 0 Å². The fourth-order valence-electron chi connectivity index (χ4n) is 9.12. The van der Waals surface area contributed by atoms with Gasteiger partial charge in [0.15, 0.2) is 17.5 Å². The Bertz CT molecular complexity index is 2890. The zero-order valence-electron chi connectivity index (χ0n) is 30.8. The Hall–Kier alpha value is -6.85. The maximum absolute atomic E-state index is 6.63. The second kappa shape index (κ2) is 13.5. The van der Waals surface area contributed by atoms with Crippen LogP contribution < -0.4 is 4.90 Å². The summed E-state index contributed by atoms with van der Waals surface area (Å²) >= 11 is 0. The molecule has 1 aliphatic carbocycles. The first-order chi connectivity index (χ1) is 27.7. The van der Waals surface area contributed by atoms with Crippen LogP contribution in [-0.2, 0) is 0 Å². The van der Waals surface area contributed by atoms with E-state index in [1.807, 2.05) is 18.2 Å². The van der Waals surface area contributed by atoms with Gasteiger partial charge in [-0.2, -0.15) is 0 Å². The van der Waals surface area contributed by atoms with Gasteiger partial charge in [0.25, 0.3) is 0 Å². The number of rotatable bonds is 6. The minimum Gasteiger partial charge on any atom is -0.456 e. The third kappa shape index (κ3) is 5.58. The normalized spacial score (nSPS) is 16.2. The van der Waals surface area contributed by atoms with Crippen molar-refractivity contribution < 1.29 is 4.42 Å². The molecule has 7 aromatic carbocycles. The Balaban J connectivity index is 1.01. The van der Waals surface area contributed by atoms with Crippen molar-refractivity contribution in [2.24, 2.45) is 0 Å². The Kier molecular flexibility index (Phi) is 7.83. The van der Waals surface area contributed by atoms with Crippen LogP contribution in [0, 0.1) is 0 Å². The molecule has 1 saturated carbocycles. The molecule has 0 amide bonds. The smallest absolute Gasteiger partial charge is 0.164 e. The predicted molar refractivity (Wildman–Crippen MR) is 228 cm³/mol. The van der Waals surface area contributed by atoms with E-state index in [0.29, 0.717) is 29.4 Å². The van der Waals surface area contributed by atoms with Crippen molar-refractivity contribution in [2.75, 3.05) is 4.90 Å². The SMILES string of the molecule is c1ccc(-c2nc(-c3ccc4c(c3)N(c3ccccc3)C3CCCCC43)nc(-c3ccc4c(c3)oc3cc(-c5ccccc5-c5ccccc5)ccc34)n2)cc1. The number of hydrogen-bond donors (Lipinski definition) is 0. The van der Waals surface area contributed by atoms with Crippen molar-refractivity contribution in [3.8, 4) is 56.4 Å². The molecule has 2 unspecified atom stereocenters. The summed E-state index contributed by atoms with van der Waals surface area (Å²) in [5.41, 5.74) is 13.1. The molecule has 3 heterocycles. The Labute approximate surface area is 326 Å². The number of furan rings is 1. The highest BCUT2D eigenvalue weighted by atomic mass is 16.3. The van der Waals surface area contributed by atoms with Gasteiger partial charge in [0, 0.05) is 50.8 Å². The van der Waals surface area contributed by atoms with E-state index in [1.54, 1.807) is 0 Å². The molecule has 0 radical (unpaired) electrons. The number of aromatic nitrogens is 3. The van der Waals surface area contributed by atoms with E-state index in [-0.39, 0.29) is 0 Å². The van der Waals surface area contributed by atoms with Gasteiger partial charge in [-0.1, -0.05) is 140 Å². The fourth-order valence-corrected chi connectivity index (χ4v) is 9.12. The lowest BCUT2D eigenvalue weighted by Gasteiger charge is -2.33. The number of benzene rings is 7. The zero-order valence-corrected chi connectivity index (χ0v) is 30.8. The minimum absolute atomic E-state index is 0.468. The maximum atomic E-state index is 6.63. The van der Waals surface area contributed by atoms with Crippen LogP contribution in [0.2, 0.25) is 0 Å². The first kappa shape index (κ1) is 32.6. The van der Waals surface area contributed by atoms with Crippen LogP contribution in [0.25, 0.3) is 78.4 Å². The maximum Gasteiger partial charge on any atom is 0.164 e. The standard InChI is InChI=1S/C51H38N4O/c1-4-14-33(15-5-1)39-20-10-11-21-40(39)35-24-28-43-44-29-26-37(32-48(44)56-47(43)31-35)51-53-49(34-16-6-2-7-17-34)52-50(54-51)36-25-27-42-41-22-12-13-23-45(41)55(46(42)30-36)38-18-8-3-9-19-38/h1-11,14-21,24-32,41,45H,12-13,22-23H2. The third-order valence-corrected chi connectivity index (χ3v) is 11.8. The van der Waals surface area contributed by atoms with E-state index < -0.39 is 0 Å². The molecule has 2 aromatic heterocycles. The summed E-state index contributed by atoms with van der Waals surface area (Å²) in [6.45, 7) is 0. The Morgan fingerprint density at radius 1 is 0.446 bits per heavy atom. The molecule has 5 heteroatoms. The highest BCUT2D eigenvalue weighted by Gasteiger charge is 2.40. The molecule has 0 N–H and O–H groups in total. The number of hydrogen-bond acceptors (Lipinski definition) is 5. The first-order valence-electron chi connectivity index (χ1n) is 19.7. The van der Waals surface area contributed by atoms with Gasteiger partial charge in [0.05, 0.1) is 0 Å². The Morgan fingerprint density at radius 2 is 0.964 bits per heavy atom. The lowest BCUT2D eigenvalue weighted by atomic mass is 9.82. The molecular weight excluding hydrogens is 685 g/mol. The lowest BCUT2D eigenvalue weighted by molar-refractivity contribution is 0.402. The molecule has 268 valence electrons. The molecule has 0 spiro atoms. The van der Waals surface area contributed by atoms with Crippen LogP contribution in [0.15, 0.2) is 174 Å². The molecule has 9 aromatic rings. The molecule has 56 heavy (non-hydrogen) atoms. The molecule has 0 bridgehead atoms. The highest BCUT2D eigenvalue weighted by Crippen LogP contribution is 2.52. The van der Waals surface area contributed by atoms with Gasteiger partial charge >= 0.3 is 0 Å². The summed E-state index contributed by atoms with van der Waals surface area (Å²) in [7, 11) is 0. The molecule has 0 saturated heterocycles. The van der Waals surface area contributed by atoms with Gasteiger partial charge in [-0.3, -0.25) is 0 Å². The second-order valence-electron chi connectivity index (χ2n) is 15.0. The van der Waals surface area contributed by atoms with Crippen LogP contribution in [0.4, 0.5) is 11.4 Å². The van der Waals surface area contributed by atoms with E-state index in [1.165, 1.54) is 59.3 Å². The van der Waals surface area contributed by atoms with Crippen molar-refractivity contribution >= 4 is 33.3 Å². The summed E-state index contributed by atoms with van der Waals surface area (Å²) in [4.78, 5) is 17.9. The molecule has 1 fully saturated rings. The third-order valence-electron chi connectivity index (χ3n) is 11.8. The van der Waals surface area contributed by atoms with Gasteiger partial charge in [-0.25, -0.2) is 15.0 Å². The van der Waals surface area contributed by atoms with Gasteiger partial charge in [-0.05, 0) is 83.1 Å². The fraction of sp³-hybridized carbons (Fsp3) is 0.118. The summed E-state index contributed by atoms with van der Waals surface area (Å²) in [6.07, 6.45) is 4.97. The van der Waals surface area contributed by atoms with Gasteiger partial charge in [0.1, 0.15) is 11.2 Å². The topological polar surface area (TPSA) is 55.1 Å². The summed E-state index contributed by atoms with van der Waals surface area (Å²) in [5, 5.41) is 2.14. The van der Waals surface area contributed by atoms with Crippen molar-refractivity contribution in [3.05, 3.63) is 175 Å². The molecule has 5 nitrogen and oxygen atoms in total. The summed E-state index contributed by atoms with van der Waals surface area (Å²) in [5.74, 6) is 2.45. The average Bonchev–Trinajstić information content (AvgIpc) is 3.81. The predicted octanol–water partition coefficient (Wildman–Crippen LogP) is 13.3. The lowest BCUT2D eigenvalue weighted by Crippen LogP contribution is -2.32. The highest BCUT2D eigenvalue weighted by molar-refractivity contribution is 6.07. The monoisotopic (exact) mass is 722 g/mol. The second-order valence-corrected chi connectivity index (χ2v) is 15.0. The number of nitrogens with zero attached hydrogens (tertiary/aromatic N) is 4. The quantitative estimate of drug-likeness (QED) is 0.171. The van der Waals surface area contributed by atoms with Crippen LogP contribution in [0.3, 0.4) is 0 Å². The number of anilines is 2. The summed E-state index contributed by atoms with van der Waals surface area (Å²) < 4.78 is 6.63. The van der Waals surface area contributed by atoms with Crippen LogP contribution >= 0.6 is 0 Å². The number of fused-ring (bicyclic) bond motifs is 6. The molecular formula is C51H38N4O. The van der Waals surface area contributed by atoms with Crippen molar-refractivity contribution in [2.45, 2.75) is 37.6 Å². The number of para-hydroxylation sites is 1. The van der Waals surface area contributed by atoms with Crippen LogP contribution in [-0.4, -0.2) is 21.0 Å². The van der Waals surface area contributed by atoms with Crippen LogP contribution in [0.5, 0.6) is 0 Å². The Morgan fingerprint density at radius 3 is 1.66 bits per heavy atom. The average molecular weight is 723 g/mol. The molecule has 11 rings (SSSR count). The molecule has 2 aliphatic rings. The van der Waals surface area contributed by atoms with Crippen molar-refractivity contribution in [1.29, 1.82) is 0 Å². The zero-order chi connectivity index (χ0) is 37.0. The largest absolute Gasteiger partial charge is 0.456 e. The van der Waals surface area contributed by atoms with E-state index in [0.717, 1.165) is 44.2 Å². The molecule has 2 atom stereocenters. The van der Waals surface area contributed by atoms with E-state index in [9.17, 15) is 0 Å². The van der Waals surface area contributed by atoms with Gasteiger partial charge in [0.2, 0.25) is 0 Å². The van der Waals surface area contributed by atoms with Gasteiger partial charge < -0.3 is 9.32 Å². The molecule has 1 aliphatic heterocycles. The van der Waals surface area contributed by atoms with Crippen molar-refractivity contribution in [3.63, 3.8) is 0 Å². The van der Waals surface area contributed by atoms with Crippen molar-refractivity contribution in [1.82, 2.24) is 15.0 Å². The first-order valence-corrected chi connectivity index (χ1v) is 19.7. The minimum atomic E-state index is 0.468. The van der Waals surface area contributed by atoms with Gasteiger partial charge in [-0.15, -0.1) is 0 Å². The van der Waals surface area contributed by atoms with E-state index in [4.69, 9.17) is 19.4 Å². The van der Waals surface area contributed by atoms with Crippen LogP contribution in [0.1, 0.15) is 37.2 Å². The summed E-state index contributed by atoms with van der Waals surface area (Å²) in [6, 6.07) is 60.3. The van der Waals surface area contributed by atoms with E-state index in [2.05, 4.69) is 157 Å².